The van der Waals surface area contributed by atoms with Crippen molar-refractivity contribution in [3.05, 3.63) is 35.9 Å². The molecule has 2 heterocycles. The first-order valence-corrected chi connectivity index (χ1v) is 6.55. The van der Waals surface area contributed by atoms with Gasteiger partial charge in [0.05, 0.1) is 12.2 Å². The van der Waals surface area contributed by atoms with Gasteiger partial charge in [0.25, 0.3) is 0 Å². The lowest BCUT2D eigenvalue weighted by atomic mass is 9.84. The quantitative estimate of drug-likeness (QED) is 0.795. The van der Waals surface area contributed by atoms with Crippen LogP contribution in [0.25, 0.3) is 0 Å². The van der Waals surface area contributed by atoms with E-state index in [1.54, 1.807) is 0 Å². The fraction of sp³-hybridized carbons (Fsp3) is 0.533. The average Bonchev–Trinajstić information content (AvgIpc) is 2.99. The molecule has 90 valence electrons. The molecule has 17 heavy (non-hydrogen) atoms. The van der Waals surface area contributed by atoms with Crippen molar-refractivity contribution in [2.45, 2.75) is 44.3 Å². The highest BCUT2D eigenvalue weighted by atomic mass is 16.5. The van der Waals surface area contributed by atoms with E-state index in [9.17, 15) is 4.79 Å². The van der Waals surface area contributed by atoms with Gasteiger partial charge in [-0.05, 0) is 31.2 Å². The maximum absolute atomic E-state index is 12.1. The number of ketones is 1. The van der Waals surface area contributed by atoms with Crippen LogP contribution in [0.5, 0.6) is 0 Å². The summed E-state index contributed by atoms with van der Waals surface area (Å²) in [5, 5.41) is 0. The van der Waals surface area contributed by atoms with E-state index in [1.165, 1.54) is 5.56 Å². The molecular formula is C15H18O2. The number of aryl methyl sites for hydroxylation is 1. The van der Waals surface area contributed by atoms with Gasteiger partial charge in [0.15, 0.2) is 0 Å². The Morgan fingerprint density at radius 3 is 2.71 bits per heavy atom. The zero-order chi connectivity index (χ0) is 11.7. The molecule has 1 aromatic carbocycles. The number of rotatable bonds is 4. The summed E-state index contributed by atoms with van der Waals surface area (Å²) < 4.78 is 5.74. The predicted octanol–water partition coefficient (Wildman–Crippen LogP) is 2.76. The van der Waals surface area contributed by atoms with Crippen LogP contribution in [0.15, 0.2) is 30.3 Å². The van der Waals surface area contributed by atoms with Crippen molar-refractivity contribution in [2.24, 2.45) is 5.92 Å². The van der Waals surface area contributed by atoms with E-state index < -0.39 is 0 Å². The van der Waals surface area contributed by atoms with Crippen molar-refractivity contribution in [3.63, 3.8) is 0 Å². The lowest BCUT2D eigenvalue weighted by Crippen LogP contribution is -2.25. The molecule has 2 heteroatoms. The molecule has 0 N–H and O–H groups in total. The Morgan fingerprint density at radius 2 is 2.06 bits per heavy atom. The Labute approximate surface area is 102 Å². The Balaban J connectivity index is 1.54. The van der Waals surface area contributed by atoms with Crippen LogP contribution in [0.2, 0.25) is 0 Å². The molecule has 1 aromatic rings. The van der Waals surface area contributed by atoms with Gasteiger partial charge < -0.3 is 4.74 Å². The SMILES string of the molecule is O=C(CCc1ccccc1)C1CC2CCC1O2. The number of hydrogen-bond acceptors (Lipinski definition) is 2. The van der Waals surface area contributed by atoms with Crippen LogP contribution in [0.1, 0.15) is 31.2 Å². The van der Waals surface area contributed by atoms with E-state index in [-0.39, 0.29) is 12.0 Å². The van der Waals surface area contributed by atoms with Crippen molar-refractivity contribution < 1.29 is 9.53 Å². The molecule has 0 radical (unpaired) electrons. The number of ether oxygens (including phenoxy) is 1. The molecular weight excluding hydrogens is 212 g/mol. The summed E-state index contributed by atoms with van der Waals surface area (Å²) in [6.07, 6.45) is 5.38. The van der Waals surface area contributed by atoms with Crippen LogP contribution in [0.3, 0.4) is 0 Å². The summed E-state index contributed by atoms with van der Waals surface area (Å²) in [5.41, 5.74) is 1.25. The standard InChI is InChI=1S/C15H18O2/c16-14(8-6-11-4-2-1-3-5-11)13-10-12-7-9-15(13)17-12/h1-5,12-13,15H,6-10H2. The number of carbonyl (C=O) groups excluding carboxylic acids is 1. The van der Waals surface area contributed by atoms with E-state index in [0.29, 0.717) is 18.3 Å². The average molecular weight is 230 g/mol. The topological polar surface area (TPSA) is 26.3 Å². The van der Waals surface area contributed by atoms with Gasteiger partial charge in [-0.3, -0.25) is 4.79 Å². The zero-order valence-electron chi connectivity index (χ0n) is 9.97. The summed E-state index contributed by atoms with van der Waals surface area (Å²) in [4.78, 5) is 12.1. The molecule has 2 nitrogen and oxygen atoms in total. The molecule has 0 spiro atoms. The van der Waals surface area contributed by atoms with Gasteiger partial charge in [-0.2, -0.15) is 0 Å². The van der Waals surface area contributed by atoms with E-state index in [1.807, 2.05) is 18.2 Å². The van der Waals surface area contributed by atoms with Gasteiger partial charge >= 0.3 is 0 Å². The molecule has 3 unspecified atom stereocenters. The summed E-state index contributed by atoms with van der Waals surface area (Å²) >= 11 is 0. The summed E-state index contributed by atoms with van der Waals surface area (Å²) in [5.74, 6) is 0.596. The first-order chi connectivity index (χ1) is 8.33. The van der Waals surface area contributed by atoms with E-state index in [0.717, 1.165) is 25.7 Å². The first kappa shape index (κ1) is 11.0. The Morgan fingerprint density at radius 1 is 1.24 bits per heavy atom. The second kappa shape index (κ2) is 4.61. The molecule has 2 aliphatic heterocycles. The monoisotopic (exact) mass is 230 g/mol. The fourth-order valence-corrected chi connectivity index (χ4v) is 3.07. The molecule has 2 bridgehead atoms. The molecule has 0 aliphatic carbocycles. The summed E-state index contributed by atoms with van der Waals surface area (Å²) in [7, 11) is 0. The maximum Gasteiger partial charge on any atom is 0.138 e. The van der Waals surface area contributed by atoms with Crippen LogP contribution in [0, 0.1) is 5.92 Å². The van der Waals surface area contributed by atoms with Gasteiger partial charge in [0.2, 0.25) is 0 Å². The number of fused-ring (bicyclic) bond motifs is 2. The van der Waals surface area contributed by atoms with Gasteiger partial charge in [-0.1, -0.05) is 30.3 Å². The largest absolute Gasteiger partial charge is 0.374 e. The van der Waals surface area contributed by atoms with Gasteiger partial charge in [-0.15, -0.1) is 0 Å². The third kappa shape index (κ3) is 2.27. The Hall–Kier alpha value is -1.15. The number of hydrogen-bond donors (Lipinski definition) is 0. The van der Waals surface area contributed by atoms with Gasteiger partial charge in [0.1, 0.15) is 5.78 Å². The predicted molar refractivity (Wildman–Crippen MR) is 65.8 cm³/mol. The molecule has 3 atom stereocenters. The molecule has 0 amide bonds. The highest BCUT2D eigenvalue weighted by molar-refractivity contribution is 5.82. The van der Waals surface area contributed by atoms with Crippen molar-refractivity contribution in [3.8, 4) is 0 Å². The maximum atomic E-state index is 12.1. The van der Waals surface area contributed by atoms with Gasteiger partial charge in [-0.25, -0.2) is 0 Å². The zero-order valence-corrected chi connectivity index (χ0v) is 9.97. The highest BCUT2D eigenvalue weighted by Gasteiger charge is 2.43. The minimum Gasteiger partial charge on any atom is -0.374 e. The number of carbonyl (C=O) groups is 1. The van der Waals surface area contributed by atoms with Crippen LogP contribution in [-0.4, -0.2) is 18.0 Å². The minimum atomic E-state index is 0.192. The van der Waals surface area contributed by atoms with E-state index in [2.05, 4.69) is 12.1 Å². The molecule has 2 fully saturated rings. The highest BCUT2D eigenvalue weighted by Crippen LogP contribution is 2.39. The second-order valence-electron chi connectivity index (χ2n) is 5.17. The normalized spacial score (nSPS) is 30.7. The Kier molecular flexibility index (Phi) is 2.98. The van der Waals surface area contributed by atoms with E-state index >= 15 is 0 Å². The van der Waals surface area contributed by atoms with Crippen LogP contribution in [0.4, 0.5) is 0 Å². The van der Waals surface area contributed by atoms with E-state index in [4.69, 9.17) is 4.74 Å². The minimum absolute atomic E-state index is 0.192. The molecule has 0 saturated carbocycles. The third-order valence-corrected chi connectivity index (χ3v) is 4.02. The first-order valence-electron chi connectivity index (χ1n) is 6.55. The molecule has 3 rings (SSSR count). The third-order valence-electron chi connectivity index (χ3n) is 4.02. The molecule has 2 saturated heterocycles. The summed E-state index contributed by atoms with van der Waals surface area (Å²) in [6.45, 7) is 0. The van der Waals surface area contributed by atoms with Crippen LogP contribution < -0.4 is 0 Å². The molecule has 0 aromatic heterocycles. The van der Waals surface area contributed by atoms with Gasteiger partial charge in [0, 0.05) is 12.3 Å². The Bertz CT molecular complexity index is 399. The van der Waals surface area contributed by atoms with Crippen LogP contribution >= 0.6 is 0 Å². The number of Topliss-reactive ketones (excluding diaryl/α,β-unsaturated/α-hetero) is 1. The van der Waals surface area contributed by atoms with Crippen LogP contribution in [-0.2, 0) is 16.0 Å². The fourth-order valence-electron chi connectivity index (χ4n) is 3.07. The summed E-state index contributed by atoms with van der Waals surface area (Å²) in [6, 6.07) is 10.2. The van der Waals surface area contributed by atoms with Crippen molar-refractivity contribution >= 4 is 5.78 Å². The van der Waals surface area contributed by atoms with Crippen molar-refractivity contribution in [2.75, 3.05) is 0 Å². The second-order valence-corrected chi connectivity index (χ2v) is 5.17. The molecule has 2 aliphatic rings. The smallest absolute Gasteiger partial charge is 0.138 e. The number of benzene rings is 1. The lowest BCUT2D eigenvalue weighted by molar-refractivity contribution is -0.124. The van der Waals surface area contributed by atoms with Crippen molar-refractivity contribution in [1.29, 1.82) is 0 Å². The lowest BCUT2D eigenvalue weighted by Gasteiger charge is -2.16. The van der Waals surface area contributed by atoms with Crippen molar-refractivity contribution in [1.82, 2.24) is 0 Å².